The Labute approximate surface area is 182 Å². The molecule has 0 spiro atoms. The standard InChI is InChI=1S/C25H29N3O3/c1-18-7-4-5-8-21(18)16-22-24(25(30)27-11-6-14-31-3)23(29)15-19(2)28(22)17-20-9-12-26-13-10-20/h4-5,7-10,12-13,15H,6,11,14,16-17H2,1-3H3,(H,27,30). The van der Waals surface area contributed by atoms with Gasteiger partial charge in [-0.15, -0.1) is 0 Å². The Morgan fingerprint density at radius 2 is 1.87 bits per heavy atom. The van der Waals surface area contributed by atoms with E-state index in [0.29, 0.717) is 32.5 Å². The van der Waals surface area contributed by atoms with Crippen molar-refractivity contribution >= 4 is 5.91 Å². The first kappa shape index (κ1) is 22.4. The van der Waals surface area contributed by atoms with Crippen LogP contribution in [-0.4, -0.2) is 35.7 Å². The first-order chi connectivity index (χ1) is 15.0. The van der Waals surface area contributed by atoms with Gasteiger partial charge in [0.15, 0.2) is 5.43 Å². The quantitative estimate of drug-likeness (QED) is 0.541. The Balaban J connectivity index is 2.07. The topological polar surface area (TPSA) is 73.2 Å². The summed E-state index contributed by atoms with van der Waals surface area (Å²) in [6.45, 7) is 5.51. The van der Waals surface area contributed by atoms with E-state index in [1.54, 1.807) is 25.6 Å². The second-order valence-corrected chi connectivity index (χ2v) is 7.62. The van der Waals surface area contributed by atoms with E-state index in [1.165, 1.54) is 0 Å². The maximum Gasteiger partial charge on any atom is 0.257 e. The van der Waals surface area contributed by atoms with Crippen LogP contribution in [0.15, 0.2) is 59.7 Å². The molecule has 1 aromatic carbocycles. The van der Waals surface area contributed by atoms with Crippen LogP contribution in [0.1, 0.15) is 44.9 Å². The molecule has 6 nitrogen and oxygen atoms in total. The highest BCUT2D eigenvalue weighted by Gasteiger charge is 2.21. The average molecular weight is 420 g/mol. The molecular formula is C25H29N3O3. The van der Waals surface area contributed by atoms with Crippen molar-refractivity contribution in [3.63, 3.8) is 0 Å². The van der Waals surface area contributed by atoms with Gasteiger partial charge in [-0.1, -0.05) is 24.3 Å². The van der Waals surface area contributed by atoms with E-state index in [-0.39, 0.29) is 16.9 Å². The molecule has 6 heteroatoms. The Hall–Kier alpha value is -3.25. The molecule has 0 saturated heterocycles. The zero-order valence-electron chi connectivity index (χ0n) is 18.4. The average Bonchev–Trinajstić information content (AvgIpc) is 2.76. The molecule has 0 aliphatic heterocycles. The number of carbonyl (C=O) groups excluding carboxylic acids is 1. The van der Waals surface area contributed by atoms with Crippen molar-refractivity contribution in [3.8, 4) is 0 Å². The van der Waals surface area contributed by atoms with Crippen molar-refractivity contribution in [3.05, 3.63) is 98.7 Å². The molecule has 3 aromatic rings. The maximum atomic E-state index is 13.1. The summed E-state index contributed by atoms with van der Waals surface area (Å²) < 4.78 is 7.11. The lowest BCUT2D eigenvalue weighted by Crippen LogP contribution is -2.34. The van der Waals surface area contributed by atoms with Crippen molar-refractivity contribution in [1.29, 1.82) is 0 Å². The van der Waals surface area contributed by atoms with Gasteiger partial charge in [-0.25, -0.2) is 0 Å². The minimum atomic E-state index is -0.340. The van der Waals surface area contributed by atoms with Crippen molar-refractivity contribution in [1.82, 2.24) is 14.9 Å². The van der Waals surface area contributed by atoms with Crippen LogP contribution in [-0.2, 0) is 17.7 Å². The highest BCUT2D eigenvalue weighted by atomic mass is 16.5. The minimum absolute atomic E-state index is 0.209. The van der Waals surface area contributed by atoms with E-state index in [4.69, 9.17) is 4.74 Å². The van der Waals surface area contributed by atoms with E-state index in [2.05, 4.69) is 14.9 Å². The number of hydrogen-bond acceptors (Lipinski definition) is 4. The van der Waals surface area contributed by atoms with Crippen LogP contribution in [0.2, 0.25) is 0 Å². The van der Waals surface area contributed by atoms with Gasteiger partial charge in [0.1, 0.15) is 5.56 Å². The third-order valence-electron chi connectivity index (χ3n) is 5.37. The van der Waals surface area contributed by atoms with E-state index >= 15 is 0 Å². The van der Waals surface area contributed by atoms with Gasteiger partial charge in [0, 0.05) is 63.1 Å². The molecule has 0 atom stereocenters. The van der Waals surface area contributed by atoms with Crippen LogP contribution in [0.5, 0.6) is 0 Å². The molecule has 0 saturated carbocycles. The number of nitrogens with zero attached hydrogens (tertiary/aromatic N) is 2. The number of hydrogen-bond donors (Lipinski definition) is 1. The molecule has 1 N–H and O–H groups in total. The molecule has 2 aromatic heterocycles. The summed E-state index contributed by atoms with van der Waals surface area (Å²) in [5.74, 6) is -0.340. The van der Waals surface area contributed by atoms with Crippen molar-refractivity contribution in [2.75, 3.05) is 20.3 Å². The Kier molecular flexibility index (Phi) is 7.73. The lowest BCUT2D eigenvalue weighted by atomic mass is 9.99. The second kappa shape index (κ2) is 10.7. The molecule has 3 rings (SSSR count). The van der Waals surface area contributed by atoms with E-state index in [0.717, 1.165) is 28.1 Å². The normalized spacial score (nSPS) is 10.8. The summed E-state index contributed by atoms with van der Waals surface area (Å²) in [5, 5.41) is 2.88. The van der Waals surface area contributed by atoms with Crippen LogP contribution in [0.4, 0.5) is 0 Å². The Morgan fingerprint density at radius 1 is 1.13 bits per heavy atom. The minimum Gasteiger partial charge on any atom is -0.385 e. The summed E-state index contributed by atoms with van der Waals surface area (Å²) >= 11 is 0. The number of rotatable bonds is 9. The molecule has 0 bridgehead atoms. The molecule has 0 aliphatic rings. The van der Waals surface area contributed by atoms with Crippen LogP contribution >= 0.6 is 0 Å². The van der Waals surface area contributed by atoms with Gasteiger partial charge in [-0.3, -0.25) is 14.6 Å². The largest absolute Gasteiger partial charge is 0.385 e. The van der Waals surface area contributed by atoms with E-state index in [9.17, 15) is 9.59 Å². The van der Waals surface area contributed by atoms with Gasteiger partial charge in [-0.05, 0) is 49.1 Å². The monoisotopic (exact) mass is 419 g/mol. The zero-order chi connectivity index (χ0) is 22.2. The molecule has 1 amide bonds. The third-order valence-corrected chi connectivity index (χ3v) is 5.37. The zero-order valence-corrected chi connectivity index (χ0v) is 18.4. The molecule has 0 radical (unpaired) electrons. The van der Waals surface area contributed by atoms with Crippen molar-refractivity contribution in [2.45, 2.75) is 33.2 Å². The van der Waals surface area contributed by atoms with Crippen molar-refractivity contribution < 1.29 is 9.53 Å². The number of carbonyl (C=O) groups is 1. The van der Waals surface area contributed by atoms with Gasteiger partial charge < -0.3 is 14.6 Å². The third kappa shape index (κ3) is 5.67. The molecular weight excluding hydrogens is 390 g/mol. The molecule has 2 heterocycles. The molecule has 0 unspecified atom stereocenters. The smallest absolute Gasteiger partial charge is 0.257 e. The number of ether oxygens (including phenoxy) is 1. The Bertz CT molecular complexity index is 1090. The highest BCUT2D eigenvalue weighted by Crippen LogP contribution is 2.19. The lowest BCUT2D eigenvalue weighted by Gasteiger charge is -2.21. The van der Waals surface area contributed by atoms with Gasteiger partial charge in [-0.2, -0.15) is 0 Å². The number of benzene rings is 1. The summed E-state index contributed by atoms with van der Waals surface area (Å²) in [4.78, 5) is 30.1. The molecule has 0 aliphatic carbocycles. The summed E-state index contributed by atoms with van der Waals surface area (Å²) in [6, 6.07) is 13.5. The first-order valence-corrected chi connectivity index (χ1v) is 10.4. The molecule has 162 valence electrons. The maximum absolute atomic E-state index is 13.1. The fourth-order valence-electron chi connectivity index (χ4n) is 3.64. The Morgan fingerprint density at radius 3 is 2.58 bits per heavy atom. The van der Waals surface area contributed by atoms with E-state index in [1.807, 2.05) is 50.2 Å². The number of amides is 1. The van der Waals surface area contributed by atoms with Gasteiger partial charge >= 0.3 is 0 Å². The molecule has 0 fully saturated rings. The van der Waals surface area contributed by atoms with Gasteiger partial charge in [0.2, 0.25) is 0 Å². The first-order valence-electron chi connectivity index (χ1n) is 10.4. The number of nitrogens with one attached hydrogen (secondary N) is 1. The number of aryl methyl sites for hydroxylation is 2. The predicted octanol–water partition coefficient (Wildman–Crippen LogP) is 3.27. The van der Waals surface area contributed by atoms with Gasteiger partial charge in [0.05, 0.1) is 0 Å². The lowest BCUT2D eigenvalue weighted by molar-refractivity contribution is 0.0945. The van der Waals surface area contributed by atoms with Gasteiger partial charge in [0.25, 0.3) is 5.91 Å². The van der Waals surface area contributed by atoms with Crippen LogP contribution in [0.25, 0.3) is 0 Å². The number of aromatic nitrogens is 2. The molecule has 31 heavy (non-hydrogen) atoms. The summed E-state index contributed by atoms with van der Waals surface area (Å²) in [7, 11) is 1.62. The van der Waals surface area contributed by atoms with Crippen LogP contribution in [0, 0.1) is 13.8 Å². The fraction of sp³-hybridized carbons (Fsp3) is 0.320. The van der Waals surface area contributed by atoms with E-state index < -0.39 is 0 Å². The highest BCUT2D eigenvalue weighted by molar-refractivity contribution is 5.95. The second-order valence-electron chi connectivity index (χ2n) is 7.62. The number of pyridine rings is 2. The van der Waals surface area contributed by atoms with Crippen LogP contribution < -0.4 is 10.7 Å². The van der Waals surface area contributed by atoms with Crippen molar-refractivity contribution in [2.24, 2.45) is 0 Å². The van der Waals surface area contributed by atoms with Crippen LogP contribution in [0.3, 0.4) is 0 Å². The fourth-order valence-corrected chi connectivity index (χ4v) is 3.64. The number of methoxy groups -OCH3 is 1. The summed E-state index contributed by atoms with van der Waals surface area (Å²) in [6.07, 6.45) is 4.68. The predicted molar refractivity (Wildman–Crippen MR) is 122 cm³/mol. The SMILES string of the molecule is COCCCNC(=O)c1c(Cc2ccccc2C)n(Cc2ccncc2)c(C)cc1=O. The summed E-state index contributed by atoms with van der Waals surface area (Å²) in [5.41, 5.74) is 4.76.